The molecule has 0 saturated carbocycles. The van der Waals surface area contributed by atoms with Gasteiger partial charge in [-0.25, -0.2) is 4.72 Å². The summed E-state index contributed by atoms with van der Waals surface area (Å²) in [6, 6.07) is 0. The van der Waals surface area contributed by atoms with Crippen LogP contribution in [0, 0.1) is 0 Å². The van der Waals surface area contributed by atoms with E-state index in [0.717, 1.165) is 11.3 Å². The van der Waals surface area contributed by atoms with E-state index in [0.29, 0.717) is 13.1 Å². The summed E-state index contributed by atoms with van der Waals surface area (Å²) in [5, 5.41) is 6.58. The van der Waals surface area contributed by atoms with E-state index >= 15 is 0 Å². The SMILES string of the molecule is CNS(=O)(=O)N1Cc2cn[nH]c2C1. The van der Waals surface area contributed by atoms with Gasteiger partial charge in [-0.2, -0.15) is 17.8 Å². The number of fused-ring (bicyclic) bond motifs is 1. The van der Waals surface area contributed by atoms with Crippen LogP contribution in [0.5, 0.6) is 0 Å². The molecule has 0 atom stereocenters. The molecule has 0 saturated heterocycles. The van der Waals surface area contributed by atoms with E-state index in [-0.39, 0.29) is 0 Å². The summed E-state index contributed by atoms with van der Waals surface area (Å²) in [6.07, 6.45) is 1.65. The lowest BCUT2D eigenvalue weighted by Crippen LogP contribution is -2.35. The van der Waals surface area contributed by atoms with Gasteiger partial charge in [-0.1, -0.05) is 0 Å². The molecule has 6 nitrogen and oxygen atoms in total. The molecule has 0 fully saturated rings. The molecule has 1 aromatic heterocycles. The predicted octanol–water partition coefficient (Wildman–Crippen LogP) is -0.810. The molecule has 7 heteroatoms. The Morgan fingerprint density at radius 2 is 2.38 bits per heavy atom. The first-order valence-electron chi connectivity index (χ1n) is 3.83. The first-order chi connectivity index (χ1) is 6.13. The molecule has 0 aromatic carbocycles. The second-order valence-electron chi connectivity index (χ2n) is 2.85. The average molecular weight is 202 g/mol. The largest absolute Gasteiger partial charge is 0.281 e. The van der Waals surface area contributed by atoms with E-state index in [1.165, 1.54) is 11.4 Å². The molecule has 0 radical (unpaired) electrons. The van der Waals surface area contributed by atoms with Gasteiger partial charge in [0.1, 0.15) is 0 Å². The van der Waals surface area contributed by atoms with Crippen LogP contribution in [0.2, 0.25) is 0 Å². The van der Waals surface area contributed by atoms with Crippen molar-refractivity contribution in [1.82, 2.24) is 19.2 Å². The minimum atomic E-state index is -3.30. The zero-order valence-electron chi connectivity index (χ0n) is 7.11. The molecule has 1 aliphatic rings. The number of H-pyrrole nitrogens is 1. The van der Waals surface area contributed by atoms with Crippen LogP contribution in [0.25, 0.3) is 0 Å². The number of aromatic amines is 1. The third-order valence-corrected chi connectivity index (χ3v) is 3.54. The van der Waals surface area contributed by atoms with Crippen LogP contribution in [0.3, 0.4) is 0 Å². The first-order valence-corrected chi connectivity index (χ1v) is 5.27. The molecule has 0 amide bonds. The molecule has 2 rings (SSSR count). The van der Waals surface area contributed by atoms with Gasteiger partial charge in [0.2, 0.25) is 0 Å². The fourth-order valence-electron chi connectivity index (χ4n) is 1.33. The monoisotopic (exact) mass is 202 g/mol. The number of nitrogens with one attached hydrogen (secondary N) is 2. The summed E-state index contributed by atoms with van der Waals surface area (Å²) in [5.41, 5.74) is 1.82. The van der Waals surface area contributed by atoms with Crippen LogP contribution in [0.15, 0.2) is 6.20 Å². The Kier molecular flexibility index (Phi) is 1.86. The topological polar surface area (TPSA) is 78.1 Å². The Bertz CT molecular complexity index is 390. The number of hydrogen-bond donors (Lipinski definition) is 2. The van der Waals surface area contributed by atoms with Gasteiger partial charge in [0.05, 0.1) is 18.4 Å². The van der Waals surface area contributed by atoms with Crippen LogP contribution in [-0.4, -0.2) is 30.0 Å². The highest BCUT2D eigenvalue weighted by atomic mass is 32.2. The van der Waals surface area contributed by atoms with Crippen molar-refractivity contribution in [2.45, 2.75) is 13.1 Å². The molecule has 0 bridgehead atoms. The Labute approximate surface area is 76.1 Å². The molecular weight excluding hydrogens is 192 g/mol. The van der Waals surface area contributed by atoms with Crippen LogP contribution in [-0.2, 0) is 23.3 Å². The van der Waals surface area contributed by atoms with E-state index < -0.39 is 10.2 Å². The Morgan fingerprint density at radius 3 is 3.00 bits per heavy atom. The minimum Gasteiger partial charge on any atom is -0.281 e. The Balaban J connectivity index is 2.24. The molecule has 0 aliphatic carbocycles. The number of rotatable bonds is 2. The van der Waals surface area contributed by atoms with E-state index in [9.17, 15) is 8.42 Å². The summed E-state index contributed by atoms with van der Waals surface area (Å²) < 4.78 is 26.3. The van der Waals surface area contributed by atoms with E-state index in [1.807, 2.05) is 0 Å². The van der Waals surface area contributed by atoms with Crippen LogP contribution >= 0.6 is 0 Å². The van der Waals surface area contributed by atoms with E-state index in [1.54, 1.807) is 6.20 Å². The quantitative estimate of drug-likeness (QED) is 0.658. The van der Waals surface area contributed by atoms with Crippen molar-refractivity contribution in [2.75, 3.05) is 7.05 Å². The Hall–Kier alpha value is -0.920. The third-order valence-electron chi connectivity index (χ3n) is 2.09. The highest BCUT2D eigenvalue weighted by Crippen LogP contribution is 2.21. The lowest BCUT2D eigenvalue weighted by molar-refractivity contribution is 0.421. The molecular formula is C6H10N4O2S. The summed E-state index contributed by atoms with van der Waals surface area (Å²) >= 11 is 0. The maximum atomic E-state index is 11.3. The van der Waals surface area contributed by atoms with E-state index in [2.05, 4.69) is 14.9 Å². The van der Waals surface area contributed by atoms with Gasteiger partial charge in [0.25, 0.3) is 10.2 Å². The zero-order valence-corrected chi connectivity index (χ0v) is 7.93. The van der Waals surface area contributed by atoms with Gasteiger partial charge < -0.3 is 0 Å². The number of nitrogens with zero attached hydrogens (tertiary/aromatic N) is 2. The minimum absolute atomic E-state index is 0.374. The van der Waals surface area contributed by atoms with Gasteiger partial charge in [-0.15, -0.1) is 0 Å². The Morgan fingerprint density at radius 1 is 1.62 bits per heavy atom. The zero-order chi connectivity index (χ0) is 9.47. The lowest BCUT2D eigenvalue weighted by Gasteiger charge is -2.13. The first kappa shape index (κ1) is 8.67. The molecule has 1 aromatic rings. The van der Waals surface area contributed by atoms with Gasteiger partial charge in [-0.05, 0) is 0 Å². The molecule has 72 valence electrons. The smallest absolute Gasteiger partial charge is 0.279 e. The van der Waals surface area contributed by atoms with Crippen LogP contribution in [0.1, 0.15) is 11.3 Å². The van der Waals surface area contributed by atoms with Crippen molar-refractivity contribution in [3.8, 4) is 0 Å². The van der Waals surface area contributed by atoms with Gasteiger partial charge >= 0.3 is 0 Å². The highest BCUT2D eigenvalue weighted by Gasteiger charge is 2.28. The molecule has 2 heterocycles. The second kappa shape index (κ2) is 2.79. The lowest BCUT2D eigenvalue weighted by atomic mass is 10.3. The van der Waals surface area contributed by atoms with Crippen LogP contribution in [0.4, 0.5) is 0 Å². The summed E-state index contributed by atoms with van der Waals surface area (Å²) in [6.45, 7) is 0.771. The highest BCUT2D eigenvalue weighted by molar-refractivity contribution is 7.87. The van der Waals surface area contributed by atoms with Gasteiger partial charge in [0.15, 0.2) is 0 Å². The molecule has 2 N–H and O–H groups in total. The van der Waals surface area contributed by atoms with Crippen molar-refractivity contribution < 1.29 is 8.42 Å². The normalized spacial score (nSPS) is 17.6. The molecule has 0 unspecified atom stereocenters. The fraction of sp³-hybridized carbons (Fsp3) is 0.500. The second-order valence-corrected chi connectivity index (χ2v) is 4.73. The summed E-state index contributed by atoms with van der Waals surface area (Å²) in [5.74, 6) is 0. The van der Waals surface area contributed by atoms with Crippen molar-refractivity contribution in [3.05, 3.63) is 17.5 Å². The van der Waals surface area contributed by atoms with Crippen molar-refractivity contribution in [2.24, 2.45) is 0 Å². The summed E-state index contributed by atoms with van der Waals surface area (Å²) in [4.78, 5) is 0. The number of aromatic nitrogens is 2. The molecule has 13 heavy (non-hydrogen) atoms. The maximum Gasteiger partial charge on any atom is 0.279 e. The maximum absolute atomic E-state index is 11.3. The number of hydrogen-bond acceptors (Lipinski definition) is 3. The van der Waals surface area contributed by atoms with Gasteiger partial charge in [0, 0.05) is 19.2 Å². The molecule has 1 aliphatic heterocycles. The average Bonchev–Trinajstić information content (AvgIpc) is 2.61. The van der Waals surface area contributed by atoms with Crippen LogP contribution < -0.4 is 4.72 Å². The third kappa shape index (κ3) is 1.34. The van der Waals surface area contributed by atoms with Crippen molar-refractivity contribution in [3.63, 3.8) is 0 Å². The van der Waals surface area contributed by atoms with Crippen molar-refractivity contribution >= 4 is 10.2 Å². The van der Waals surface area contributed by atoms with Crippen molar-refractivity contribution in [1.29, 1.82) is 0 Å². The van der Waals surface area contributed by atoms with E-state index in [4.69, 9.17) is 0 Å². The van der Waals surface area contributed by atoms with Gasteiger partial charge in [-0.3, -0.25) is 5.10 Å². The summed E-state index contributed by atoms with van der Waals surface area (Å²) in [7, 11) is -1.90. The fourth-order valence-corrected chi connectivity index (χ4v) is 2.20. The molecule has 0 spiro atoms. The predicted molar refractivity (Wildman–Crippen MR) is 45.8 cm³/mol. The standard InChI is InChI=1S/C6H10N4O2S/c1-7-13(11,12)10-3-5-2-8-9-6(5)4-10/h2,7H,3-4H2,1H3,(H,8,9).